The predicted molar refractivity (Wildman–Crippen MR) is 116 cm³/mol. The second kappa shape index (κ2) is 8.76. The molecule has 28 heavy (non-hydrogen) atoms. The summed E-state index contributed by atoms with van der Waals surface area (Å²) in [7, 11) is 0. The summed E-state index contributed by atoms with van der Waals surface area (Å²) in [5.41, 5.74) is 0.354. The normalized spacial score (nSPS) is 10.8. The monoisotopic (exact) mass is 474 g/mol. The van der Waals surface area contributed by atoms with Crippen molar-refractivity contribution < 1.29 is 4.79 Å². The molecule has 4 nitrogen and oxygen atoms in total. The van der Waals surface area contributed by atoms with Gasteiger partial charge in [0.15, 0.2) is 0 Å². The Morgan fingerprint density at radius 2 is 1.54 bits per heavy atom. The summed E-state index contributed by atoms with van der Waals surface area (Å²) in [6, 6.07) is 10.8. The van der Waals surface area contributed by atoms with Gasteiger partial charge >= 0.3 is 0 Å². The van der Waals surface area contributed by atoms with Gasteiger partial charge in [-0.1, -0.05) is 64.1 Å². The van der Waals surface area contributed by atoms with Crippen LogP contribution in [0.5, 0.6) is 0 Å². The minimum Gasteiger partial charge on any atom is -0.322 e. The molecule has 0 spiro atoms. The summed E-state index contributed by atoms with van der Waals surface area (Å²) >= 11 is 30.1. The van der Waals surface area contributed by atoms with Gasteiger partial charge in [-0.25, -0.2) is 0 Å². The molecule has 9 heteroatoms. The lowest BCUT2D eigenvalue weighted by Crippen LogP contribution is -2.29. The van der Waals surface area contributed by atoms with E-state index >= 15 is 0 Å². The van der Waals surface area contributed by atoms with E-state index < -0.39 is 11.5 Å². The Morgan fingerprint density at radius 1 is 0.857 bits per heavy atom. The van der Waals surface area contributed by atoms with Gasteiger partial charge in [0.1, 0.15) is 5.56 Å². The smallest absolute Gasteiger partial charge is 0.263 e. The number of halogens is 5. The highest BCUT2D eigenvalue weighted by molar-refractivity contribution is 6.35. The summed E-state index contributed by atoms with van der Waals surface area (Å²) < 4.78 is 1.30. The van der Waals surface area contributed by atoms with E-state index in [1.54, 1.807) is 18.2 Å². The maximum absolute atomic E-state index is 12.8. The van der Waals surface area contributed by atoms with Crippen molar-refractivity contribution in [3.05, 3.63) is 95.3 Å². The number of benzene rings is 2. The second-order valence-corrected chi connectivity index (χ2v) is 8.01. The van der Waals surface area contributed by atoms with Gasteiger partial charge < -0.3 is 9.88 Å². The highest BCUT2D eigenvalue weighted by atomic mass is 35.5. The molecule has 0 aliphatic heterocycles. The number of hydrogen-bond acceptors (Lipinski definition) is 2. The molecule has 0 fully saturated rings. The Bertz CT molecular complexity index is 1110. The van der Waals surface area contributed by atoms with E-state index in [2.05, 4.69) is 5.32 Å². The van der Waals surface area contributed by atoms with Crippen LogP contribution in [0.4, 0.5) is 5.69 Å². The molecule has 0 bridgehead atoms. The number of aromatic nitrogens is 1. The highest BCUT2D eigenvalue weighted by Crippen LogP contribution is 2.24. The van der Waals surface area contributed by atoms with Gasteiger partial charge in [0.25, 0.3) is 11.5 Å². The van der Waals surface area contributed by atoms with Crippen molar-refractivity contribution in [3.8, 4) is 0 Å². The number of rotatable bonds is 4. The van der Waals surface area contributed by atoms with Crippen molar-refractivity contribution in [2.24, 2.45) is 0 Å². The molecule has 2 aromatic carbocycles. The number of hydrogen-bond donors (Lipinski definition) is 1. The zero-order chi connectivity index (χ0) is 20.4. The van der Waals surface area contributed by atoms with Crippen molar-refractivity contribution in [2.75, 3.05) is 5.32 Å². The molecule has 0 atom stereocenters. The third-order valence-corrected chi connectivity index (χ3v) is 5.00. The summed E-state index contributed by atoms with van der Waals surface area (Å²) in [6.07, 6.45) is 1.43. The number of anilines is 1. The van der Waals surface area contributed by atoms with Crippen molar-refractivity contribution in [3.63, 3.8) is 0 Å². The molecule has 1 heterocycles. The van der Waals surface area contributed by atoms with Gasteiger partial charge in [-0.3, -0.25) is 9.59 Å². The molecule has 0 radical (unpaired) electrons. The Kier molecular flexibility index (Phi) is 6.58. The van der Waals surface area contributed by atoms with E-state index in [1.165, 1.54) is 35.0 Å². The number of nitrogens with zero attached hydrogens (tertiary/aromatic N) is 1. The maximum atomic E-state index is 12.8. The van der Waals surface area contributed by atoms with Gasteiger partial charge in [0, 0.05) is 32.0 Å². The first kappa shape index (κ1) is 21.0. The standard InChI is InChI=1S/C19H11Cl5N2O2/c20-11-2-1-10(17(24)7-11)8-26-9-14(23)6-16(19(26)28)18(27)25-15-4-12(21)3-13(22)5-15/h1-7,9H,8H2,(H,25,27). The van der Waals surface area contributed by atoms with Crippen molar-refractivity contribution >= 4 is 69.6 Å². The lowest BCUT2D eigenvalue weighted by Gasteiger charge is -2.11. The van der Waals surface area contributed by atoms with E-state index in [1.807, 2.05) is 0 Å². The van der Waals surface area contributed by atoms with Crippen LogP contribution < -0.4 is 10.9 Å². The third kappa shape index (κ3) is 5.02. The quantitative estimate of drug-likeness (QED) is 0.473. The zero-order valence-corrected chi connectivity index (χ0v) is 17.8. The van der Waals surface area contributed by atoms with Gasteiger partial charge in [0.05, 0.1) is 11.6 Å². The molecular formula is C19H11Cl5N2O2. The van der Waals surface area contributed by atoms with Crippen LogP contribution in [0.15, 0.2) is 53.5 Å². The zero-order valence-electron chi connectivity index (χ0n) is 14.0. The summed E-state index contributed by atoms with van der Waals surface area (Å²) in [5, 5.41) is 4.40. The Labute approximate surface area is 185 Å². The van der Waals surface area contributed by atoms with Gasteiger partial charge in [-0.2, -0.15) is 0 Å². The fourth-order valence-corrected chi connectivity index (χ4v) is 3.76. The van der Waals surface area contributed by atoms with Gasteiger partial charge in [-0.15, -0.1) is 0 Å². The van der Waals surface area contributed by atoms with E-state index in [9.17, 15) is 9.59 Å². The van der Waals surface area contributed by atoms with E-state index in [0.717, 1.165) is 0 Å². The topological polar surface area (TPSA) is 51.1 Å². The van der Waals surface area contributed by atoms with Crippen LogP contribution in [0, 0.1) is 0 Å². The lowest BCUT2D eigenvalue weighted by atomic mass is 10.2. The molecule has 0 saturated carbocycles. The summed E-state index contributed by atoms with van der Waals surface area (Å²) in [6.45, 7) is 0.124. The lowest BCUT2D eigenvalue weighted by molar-refractivity contribution is 0.102. The molecule has 0 saturated heterocycles. The Balaban J connectivity index is 1.94. The summed E-state index contributed by atoms with van der Waals surface area (Å²) in [4.78, 5) is 25.4. The number of nitrogens with one attached hydrogen (secondary N) is 1. The molecule has 0 aliphatic rings. The molecular weight excluding hydrogens is 465 g/mol. The molecule has 1 aromatic heterocycles. The van der Waals surface area contributed by atoms with E-state index in [4.69, 9.17) is 58.0 Å². The van der Waals surface area contributed by atoms with Crippen molar-refractivity contribution in [2.45, 2.75) is 6.54 Å². The molecule has 3 aromatic rings. The maximum Gasteiger partial charge on any atom is 0.263 e. The highest BCUT2D eigenvalue weighted by Gasteiger charge is 2.16. The SMILES string of the molecule is O=C(Nc1cc(Cl)cc(Cl)c1)c1cc(Cl)cn(Cc2ccc(Cl)cc2Cl)c1=O. The van der Waals surface area contributed by atoms with Gasteiger partial charge in [-0.05, 0) is 42.0 Å². The first-order chi connectivity index (χ1) is 13.2. The average molecular weight is 477 g/mol. The summed E-state index contributed by atoms with van der Waals surface area (Å²) in [5.74, 6) is -0.637. The fourth-order valence-electron chi connectivity index (χ4n) is 2.54. The minimum atomic E-state index is -0.637. The second-order valence-electron chi connectivity index (χ2n) is 5.85. The first-order valence-electron chi connectivity index (χ1n) is 7.84. The number of amides is 1. The Hall–Kier alpha value is -1.69. The van der Waals surface area contributed by atoms with Crippen LogP contribution in [0.1, 0.15) is 15.9 Å². The predicted octanol–water partition coefficient (Wildman–Crippen LogP) is 6.42. The minimum absolute atomic E-state index is 0.124. The number of carbonyl (C=O) groups is 1. The van der Waals surface area contributed by atoms with E-state index in [0.29, 0.717) is 31.3 Å². The molecule has 0 unspecified atom stereocenters. The average Bonchev–Trinajstić information content (AvgIpc) is 2.59. The molecule has 3 rings (SSSR count). The third-order valence-electron chi connectivity index (χ3n) is 3.77. The molecule has 144 valence electrons. The van der Waals surface area contributed by atoms with Crippen LogP contribution in [-0.2, 0) is 6.54 Å². The van der Waals surface area contributed by atoms with Crippen LogP contribution in [-0.4, -0.2) is 10.5 Å². The van der Waals surface area contributed by atoms with Crippen molar-refractivity contribution in [1.82, 2.24) is 4.57 Å². The number of carbonyl (C=O) groups excluding carboxylic acids is 1. The largest absolute Gasteiger partial charge is 0.322 e. The first-order valence-corrected chi connectivity index (χ1v) is 9.73. The van der Waals surface area contributed by atoms with E-state index in [-0.39, 0.29) is 17.1 Å². The van der Waals surface area contributed by atoms with Crippen molar-refractivity contribution in [1.29, 1.82) is 0 Å². The molecule has 0 aliphatic carbocycles. The van der Waals surface area contributed by atoms with Crippen LogP contribution in [0.2, 0.25) is 25.1 Å². The molecule has 1 amide bonds. The van der Waals surface area contributed by atoms with Crippen LogP contribution >= 0.6 is 58.0 Å². The number of pyridine rings is 1. The van der Waals surface area contributed by atoms with Crippen LogP contribution in [0.25, 0.3) is 0 Å². The van der Waals surface area contributed by atoms with Gasteiger partial charge in [0.2, 0.25) is 0 Å². The molecule has 1 N–H and O–H groups in total. The fraction of sp³-hybridized carbons (Fsp3) is 0.0526. The Morgan fingerprint density at radius 3 is 2.18 bits per heavy atom. The van der Waals surface area contributed by atoms with Crippen LogP contribution in [0.3, 0.4) is 0 Å².